The maximum atomic E-state index is 12.7. The lowest BCUT2D eigenvalue weighted by Gasteiger charge is -2.20. The summed E-state index contributed by atoms with van der Waals surface area (Å²) in [5.74, 6) is -1.84. The van der Waals surface area contributed by atoms with Crippen LogP contribution in [-0.2, 0) is 28.8 Å². The molecule has 2 atom stereocenters. The number of hydrogen-bond donors (Lipinski definition) is 6. The van der Waals surface area contributed by atoms with Crippen LogP contribution in [0, 0.1) is 5.92 Å². The van der Waals surface area contributed by atoms with Gasteiger partial charge in [0.2, 0.25) is 17.6 Å². The lowest BCUT2D eigenvalue weighted by molar-refractivity contribution is -0.142. The fraction of sp³-hybridized carbons (Fsp3) is 0.635. The average molecular weight is 948 g/mol. The SMILES string of the molecule is CCCCCCCCCC(=O)N[C@H](CCC(=O)NCCCC[C@@H](CCC(=O)C(C)(C)N)C(=O)CCCC(=O)O)C(=O)O.CCCCCCCCOc1ccc(-c2ccc(-c3nn[nH]n3)cc2)cc1. The van der Waals surface area contributed by atoms with Crippen LogP contribution in [0.2, 0.25) is 0 Å². The van der Waals surface area contributed by atoms with E-state index in [0.717, 1.165) is 54.7 Å². The molecule has 0 spiro atoms. The van der Waals surface area contributed by atoms with Crippen molar-refractivity contribution in [1.82, 2.24) is 31.3 Å². The molecule has 378 valence electrons. The summed E-state index contributed by atoms with van der Waals surface area (Å²) < 4.78 is 5.84. The third-order valence-electron chi connectivity index (χ3n) is 11.8. The highest BCUT2D eigenvalue weighted by Gasteiger charge is 2.25. The van der Waals surface area contributed by atoms with Crippen molar-refractivity contribution in [3.63, 3.8) is 0 Å². The Balaban J connectivity index is 0.000000516. The van der Waals surface area contributed by atoms with E-state index in [-0.39, 0.29) is 74.2 Å². The summed E-state index contributed by atoms with van der Waals surface area (Å²) in [7, 11) is 0. The number of carbonyl (C=O) groups excluding carboxylic acids is 4. The number of rotatable bonds is 37. The second-order valence-corrected chi connectivity index (χ2v) is 18.3. The number of Topliss-reactive ketones (excluding diaryl/α,β-unsaturated/α-hetero) is 2. The van der Waals surface area contributed by atoms with Gasteiger partial charge < -0.3 is 31.3 Å². The van der Waals surface area contributed by atoms with Crippen LogP contribution in [0.25, 0.3) is 22.5 Å². The molecule has 3 aromatic rings. The first-order valence-corrected chi connectivity index (χ1v) is 25.1. The molecular weight excluding hydrogens is 867 g/mol. The van der Waals surface area contributed by atoms with Crippen LogP contribution >= 0.6 is 0 Å². The molecule has 0 aliphatic rings. The van der Waals surface area contributed by atoms with Gasteiger partial charge in [-0.3, -0.25) is 24.0 Å². The van der Waals surface area contributed by atoms with E-state index in [0.29, 0.717) is 44.5 Å². The Morgan fingerprint density at radius 2 is 1.24 bits per heavy atom. The predicted molar refractivity (Wildman–Crippen MR) is 265 cm³/mol. The maximum absolute atomic E-state index is 12.7. The second kappa shape index (κ2) is 34.7. The Morgan fingerprint density at radius 1 is 0.647 bits per heavy atom. The van der Waals surface area contributed by atoms with Gasteiger partial charge in [0.25, 0.3) is 0 Å². The molecular formula is C52H81N7O9. The van der Waals surface area contributed by atoms with Gasteiger partial charge >= 0.3 is 11.9 Å². The average Bonchev–Trinajstić information content (AvgIpc) is 3.86. The topological polar surface area (TPSA) is 257 Å². The molecule has 0 unspecified atom stereocenters. The highest BCUT2D eigenvalue weighted by Crippen LogP contribution is 2.25. The van der Waals surface area contributed by atoms with Crippen molar-refractivity contribution in [2.45, 2.75) is 193 Å². The molecule has 16 nitrogen and oxygen atoms in total. The van der Waals surface area contributed by atoms with E-state index >= 15 is 0 Å². The standard InChI is InChI=1S/C31H55N3O8.C21H26N4O/c1-4-5-6-7-8-9-10-16-28(38)34-24(30(41)42)19-21-27(37)33-22-12-11-14-23(18-20-26(36)31(2,3)32)25(35)15-13-17-29(39)40;1-2-3-4-5-6-7-16-26-20-14-12-18(13-15-20)17-8-10-19(11-9-17)21-22-24-25-23-21/h23-24H,4-22,32H2,1-3H3,(H,33,37)(H,34,38)(H,39,40)(H,41,42);8-15H,2-7,16H2,1H3,(H,22,23,24,25)/t23-,24+;/m0./s1. The van der Waals surface area contributed by atoms with Crippen molar-refractivity contribution in [1.29, 1.82) is 0 Å². The third-order valence-corrected chi connectivity index (χ3v) is 11.8. The molecule has 68 heavy (non-hydrogen) atoms. The maximum Gasteiger partial charge on any atom is 0.326 e. The number of nitrogens with two attached hydrogens (primary N) is 1. The van der Waals surface area contributed by atoms with Crippen molar-refractivity contribution >= 4 is 35.3 Å². The number of carboxylic acid groups (broad SMARTS) is 2. The molecule has 7 N–H and O–H groups in total. The minimum absolute atomic E-state index is 0.0115. The number of amides is 2. The lowest BCUT2D eigenvalue weighted by Crippen LogP contribution is -2.41. The molecule has 0 bridgehead atoms. The van der Waals surface area contributed by atoms with E-state index in [9.17, 15) is 33.9 Å². The molecule has 2 amide bonds. The number of tetrazole rings is 1. The van der Waals surface area contributed by atoms with Gasteiger partial charge in [-0.25, -0.2) is 4.79 Å². The van der Waals surface area contributed by atoms with Gasteiger partial charge in [-0.05, 0) is 87.3 Å². The number of nitrogens with zero attached hydrogens (tertiary/aromatic N) is 3. The summed E-state index contributed by atoms with van der Waals surface area (Å²) in [6.45, 7) is 8.77. The molecule has 1 aromatic heterocycles. The lowest BCUT2D eigenvalue weighted by atomic mass is 9.86. The van der Waals surface area contributed by atoms with Crippen molar-refractivity contribution in [3.05, 3.63) is 48.5 Å². The molecule has 0 fully saturated rings. The van der Waals surface area contributed by atoms with Crippen LogP contribution < -0.4 is 21.1 Å². The van der Waals surface area contributed by atoms with Crippen LogP contribution in [0.1, 0.15) is 182 Å². The normalized spacial score (nSPS) is 12.0. The summed E-state index contributed by atoms with van der Waals surface area (Å²) in [6.07, 6.45) is 17.8. The molecule has 1 heterocycles. The zero-order chi connectivity index (χ0) is 50.0. The van der Waals surface area contributed by atoms with Gasteiger partial charge in [0, 0.05) is 50.1 Å². The van der Waals surface area contributed by atoms with Crippen molar-refractivity contribution in [2.75, 3.05) is 13.2 Å². The van der Waals surface area contributed by atoms with Crippen molar-refractivity contribution in [2.24, 2.45) is 11.7 Å². The molecule has 0 aliphatic heterocycles. The van der Waals surface area contributed by atoms with Crippen LogP contribution in [0.3, 0.4) is 0 Å². The van der Waals surface area contributed by atoms with Gasteiger partial charge in [0.05, 0.1) is 12.1 Å². The number of benzene rings is 2. The van der Waals surface area contributed by atoms with E-state index in [1.807, 2.05) is 24.3 Å². The van der Waals surface area contributed by atoms with Gasteiger partial charge in [0.15, 0.2) is 5.78 Å². The van der Waals surface area contributed by atoms with E-state index < -0.39 is 23.5 Å². The van der Waals surface area contributed by atoms with Crippen LogP contribution in [0.15, 0.2) is 48.5 Å². The molecule has 16 heteroatoms. The number of unbranched alkanes of at least 4 members (excludes halogenated alkanes) is 12. The third kappa shape index (κ3) is 26.7. The Hall–Kier alpha value is -5.51. The Morgan fingerprint density at radius 3 is 1.81 bits per heavy atom. The van der Waals surface area contributed by atoms with Gasteiger partial charge in [-0.15, -0.1) is 10.2 Å². The first-order chi connectivity index (χ1) is 32.6. The Labute approximate surface area is 404 Å². The monoisotopic (exact) mass is 948 g/mol. The highest BCUT2D eigenvalue weighted by molar-refractivity contribution is 5.88. The molecule has 2 aromatic carbocycles. The molecule has 3 rings (SSSR count). The molecule has 0 saturated heterocycles. The minimum Gasteiger partial charge on any atom is -0.494 e. The largest absolute Gasteiger partial charge is 0.494 e. The highest BCUT2D eigenvalue weighted by atomic mass is 16.5. The second-order valence-electron chi connectivity index (χ2n) is 18.3. The predicted octanol–water partition coefficient (Wildman–Crippen LogP) is 9.56. The Kier molecular flexibility index (Phi) is 29.9. The first-order valence-electron chi connectivity index (χ1n) is 25.1. The number of hydrogen-bond acceptors (Lipinski definition) is 11. The number of nitrogens with one attached hydrogen (secondary N) is 3. The quantitative estimate of drug-likeness (QED) is 0.0295. The van der Waals surface area contributed by atoms with Crippen molar-refractivity contribution in [3.8, 4) is 28.3 Å². The number of aromatic amines is 1. The number of carbonyl (C=O) groups is 6. The molecule has 0 saturated carbocycles. The molecule has 0 aliphatic carbocycles. The summed E-state index contributed by atoms with van der Waals surface area (Å²) in [6, 6.07) is 15.3. The number of ether oxygens (including phenoxy) is 1. The smallest absolute Gasteiger partial charge is 0.326 e. The summed E-state index contributed by atoms with van der Waals surface area (Å²) >= 11 is 0. The van der Waals surface area contributed by atoms with Crippen molar-refractivity contribution < 1.29 is 43.7 Å². The number of aliphatic carboxylic acids is 2. The summed E-state index contributed by atoms with van der Waals surface area (Å²) in [4.78, 5) is 71.7. The number of ketones is 2. The zero-order valence-electron chi connectivity index (χ0n) is 41.3. The fourth-order valence-electron chi connectivity index (χ4n) is 7.50. The van der Waals surface area contributed by atoms with Crippen LogP contribution in [0.4, 0.5) is 0 Å². The Bertz CT molecular complexity index is 1880. The van der Waals surface area contributed by atoms with Gasteiger partial charge in [-0.2, -0.15) is 5.21 Å². The summed E-state index contributed by atoms with van der Waals surface area (Å²) in [5, 5.41) is 37.6. The van der Waals surface area contributed by atoms with E-state index in [4.69, 9.17) is 15.6 Å². The first kappa shape index (κ1) is 58.6. The van der Waals surface area contributed by atoms with Crippen LogP contribution in [0.5, 0.6) is 5.75 Å². The van der Waals surface area contributed by atoms with Gasteiger partial charge in [0.1, 0.15) is 17.6 Å². The zero-order valence-corrected chi connectivity index (χ0v) is 41.3. The summed E-state index contributed by atoms with van der Waals surface area (Å²) in [5.41, 5.74) is 8.13. The van der Waals surface area contributed by atoms with E-state index in [1.165, 1.54) is 51.4 Å². The van der Waals surface area contributed by atoms with Crippen LogP contribution in [-0.4, -0.2) is 90.9 Å². The van der Waals surface area contributed by atoms with E-state index in [2.05, 4.69) is 69.4 Å². The number of carboxylic acids is 2. The number of H-pyrrole nitrogens is 1. The number of aromatic nitrogens is 4. The minimum atomic E-state index is -1.17. The van der Waals surface area contributed by atoms with Gasteiger partial charge in [-0.1, -0.05) is 127 Å². The molecule has 0 radical (unpaired) electrons. The fourth-order valence-corrected chi connectivity index (χ4v) is 7.50. The van der Waals surface area contributed by atoms with E-state index in [1.54, 1.807) is 13.8 Å².